The predicted molar refractivity (Wildman–Crippen MR) is 142 cm³/mol. The van der Waals surface area contributed by atoms with Crippen molar-refractivity contribution < 1.29 is 13.9 Å². The Morgan fingerprint density at radius 3 is 1.76 bits per heavy atom. The van der Waals surface area contributed by atoms with Crippen LogP contribution in [0.3, 0.4) is 0 Å². The van der Waals surface area contributed by atoms with E-state index in [0.29, 0.717) is 13.2 Å². The van der Waals surface area contributed by atoms with Crippen molar-refractivity contribution in [2.75, 3.05) is 18.9 Å². The van der Waals surface area contributed by atoms with Gasteiger partial charge >= 0.3 is 0 Å². The molecule has 0 bridgehead atoms. The molecule has 0 unspecified atom stereocenters. The maximum atomic E-state index is 5.66. The van der Waals surface area contributed by atoms with Crippen molar-refractivity contribution in [1.29, 1.82) is 0 Å². The molecule has 0 fully saturated rings. The highest BCUT2D eigenvalue weighted by atomic mass is 16.6. The van der Waals surface area contributed by atoms with Gasteiger partial charge in [-0.05, 0) is 48.4 Å². The normalized spacial score (nSPS) is 10.5. The van der Waals surface area contributed by atoms with Crippen molar-refractivity contribution in [2.45, 2.75) is 34.6 Å². The van der Waals surface area contributed by atoms with E-state index >= 15 is 0 Å². The average Bonchev–Trinajstić information content (AvgIpc) is 3.37. The van der Waals surface area contributed by atoms with Gasteiger partial charge in [0, 0.05) is 11.1 Å². The molecule has 176 valence electrons. The third-order valence-corrected chi connectivity index (χ3v) is 4.23. The molecule has 0 aliphatic carbocycles. The van der Waals surface area contributed by atoms with Gasteiger partial charge in [-0.15, -0.1) is 0 Å². The van der Waals surface area contributed by atoms with Gasteiger partial charge in [0.05, 0.1) is 6.26 Å². The quantitative estimate of drug-likeness (QED) is 0.298. The number of para-hydroxylation sites is 4. The standard InChI is InChI=1S/C9H11N.C8H8O2.C8H6O.2C2H6/c1-7(2)8-5-3-4-6-9(8)10;1-2-4-8-7(3-1)9-5-6-10-8;1-2-4-8-7(3-1)5-6-9-8;2*1-2/h3-6H,1,10H2,2H3;1-4H,5-6H2;1-6H;2*1-2H3. The predicted octanol–water partition coefficient (Wildman–Crippen LogP) is 8.24. The monoisotopic (exact) mass is 447 g/mol. The summed E-state index contributed by atoms with van der Waals surface area (Å²) in [6.07, 6.45) is 1.70. The fourth-order valence-corrected chi connectivity index (χ4v) is 2.78. The van der Waals surface area contributed by atoms with Gasteiger partial charge in [-0.2, -0.15) is 0 Å². The summed E-state index contributed by atoms with van der Waals surface area (Å²) in [6.45, 7) is 15.1. The summed E-state index contributed by atoms with van der Waals surface area (Å²) in [5, 5.41) is 1.16. The lowest BCUT2D eigenvalue weighted by atomic mass is 10.1. The van der Waals surface area contributed by atoms with Crippen LogP contribution in [-0.2, 0) is 0 Å². The van der Waals surface area contributed by atoms with Gasteiger partial charge in [0.1, 0.15) is 18.8 Å². The van der Waals surface area contributed by atoms with Crippen LogP contribution in [0.2, 0.25) is 0 Å². The minimum Gasteiger partial charge on any atom is -0.486 e. The summed E-state index contributed by atoms with van der Waals surface area (Å²) in [6, 6.07) is 25.3. The highest BCUT2D eigenvalue weighted by Crippen LogP contribution is 2.28. The summed E-state index contributed by atoms with van der Waals surface area (Å²) in [4.78, 5) is 0. The number of hydrogen-bond acceptors (Lipinski definition) is 4. The SMILES string of the molecule is C=C(C)c1ccccc1N.CC.CC.c1ccc2c(c1)OCCO2.c1ccc2occc2c1. The lowest BCUT2D eigenvalue weighted by Crippen LogP contribution is -2.14. The molecule has 33 heavy (non-hydrogen) atoms. The van der Waals surface area contributed by atoms with Crippen LogP contribution in [-0.4, -0.2) is 13.2 Å². The number of fused-ring (bicyclic) bond motifs is 2. The highest BCUT2D eigenvalue weighted by Gasteiger charge is 2.08. The first-order chi connectivity index (χ1) is 16.1. The second-order valence-corrected chi connectivity index (χ2v) is 6.47. The fraction of sp³-hybridized carbons (Fsp3) is 0.241. The molecule has 0 saturated heterocycles. The van der Waals surface area contributed by atoms with Crippen LogP contribution in [0.25, 0.3) is 16.5 Å². The van der Waals surface area contributed by atoms with Crippen molar-refractivity contribution >= 4 is 22.2 Å². The molecule has 2 N–H and O–H groups in total. The van der Waals surface area contributed by atoms with Crippen molar-refractivity contribution in [2.24, 2.45) is 0 Å². The maximum absolute atomic E-state index is 5.66. The molecule has 0 spiro atoms. The number of allylic oxidation sites excluding steroid dienone is 1. The smallest absolute Gasteiger partial charge is 0.161 e. The first-order valence-electron chi connectivity index (χ1n) is 11.4. The summed E-state index contributed by atoms with van der Waals surface area (Å²) < 4.78 is 15.7. The van der Waals surface area contributed by atoms with Crippen LogP contribution in [0.15, 0.2) is 96.1 Å². The van der Waals surface area contributed by atoms with Crippen LogP contribution in [0.1, 0.15) is 40.2 Å². The second-order valence-electron chi connectivity index (χ2n) is 6.47. The van der Waals surface area contributed by atoms with E-state index in [4.69, 9.17) is 19.6 Å². The molecule has 4 aromatic rings. The van der Waals surface area contributed by atoms with Crippen molar-refractivity contribution in [1.82, 2.24) is 0 Å². The first kappa shape index (κ1) is 27.4. The number of hydrogen-bond donors (Lipinski definition) is 1. The average molecular weight is 448 g/mol. The van der Waals surface area contributed by atoms with Gasteiger partial charge in [-0.25, -0.2) is 0 Å². The van der Waals surface area contributed by atoms with E-state index in [1.807, 2.05) is 113 Å². The zero-order valence-corrected chi connectivity index (χ0v) is 20.5. The topological polar surface area (TPSA) is 57.6 Å². The van der Waals surface area contributed by atoms with E-state index in [-0.39, 0.29) is 0 Å². The van der Waals surface area contributed by atoms with Crippen molar-refractivity contribution in [3.8, 4) is 11.5 Å². The van der Waals surface area contributed by atoms with Crippen LogP contribution in [0.4, 0.5) is 5.69 Å². The molecule has 1 aliphatic rings. The minimum atomic E-state index is 0.664. The summed E-state index contributed by atoms with van der Waals surface area (Å²) in [7, 11) is 0. The zero-order chi connectivity index (χ0) is 24.5. The Balaban J connectivity index is 0.000000230. The lowest BCUT2D eigenvalue weighted by Gasteiger charge is -2.17. The van der Waals surface area contributed by atoms with Crippen molar-refractivity contribution in [3.05, 3.63) is 97.3 Å². The van der Waals surface area contributed by atoms with E-state index < -0.39 is 0 Å². The van der Waals surface area contributed by atoms with E-state index in [9.17, 15) is 0 Å². The van der Waals surface area contributed by atoms with Gasteiger partial charge in [0.15, 0.2) is 11.5 Å². The second kappa shape index (κ2) is 16.0. The van der Waals surface area contributed by atoms with Gasteiger partial charge in [0.25, 0.3) is 0 Å². The van der Waals surface area contributed by atoms with Crippen LogP contribution < -0.4 is 15.2 Å². The van der Waals surface area contributed by atoms with Crippen LogP contribution in [0, 0.1) is 0 Å². The van der Waals surface area contributed by atoms with Crippen LogP contribution >= 0.6 is 0 Å². The van der Waals surface area contributed by atoms with E-state index in [1.165, 1.54) is 0 Å². The van der Waals surface area contributed by atoms with Gasteiger partial charge in [-0.1, -0.05) is 82.8 Å². The van der Waals surface area contributed by atoms with E-state index in [2.05, 4.69) is 6.58 Å². The van der Waals surface area contributed by atoms with Gasteiger partial charge in [0.2, 0.25) is 0 Å². The molecule has 4 nitrogen and oxygen atoms in total. The molecule has 3 aromatic carbocycles. The molecule has 0 saturated carbocycles. The number of ether oxygens (including phenoxy) is 2. The molecule has 2 heterocycles. The van der Waals surface area contributed by atoms with E-state index in [1.54, 1.807) is 6.26 Å². The van der Waals surface area contributed by atoms with Gasteiger partial charge in [-0.3, -0.25) is 0 Å². The van der Waals surface area contributed by atoms with Gasteiger partial charge < -0.3 is 19.6 Å². The zero-order valence-electron chi connectivity index (χ0n) is 20.5. The first-order valence-corrected chi connectivity index (χ1v) is 11.4. The summed E-state index contributed by atoms with van der Waals surface area (Å²) in [5.74, 6) is 1.71. The maximum Gasteiger partial charge on any atom is 0.161 e. The highest BCUT2D eigenvalue weighted by molar-refractivity contribution is 5.76. The Kier molecular flexibility index (Phi) is 13.3. The lowest BCUT2D eigenvalue weighted by molar-refractivity contribution is 0.171. The Morgan fingerprint density at radius 1 is 0.727 bits per heavy atom. The molecule has 1 aliphatic heterocycles. The number of furan rings is 1. The Labute approximate surface area is 198 Å². The third kappa shape index (κ3) is 9.16. The molecule has 0 amide bonds. The number of nitrogen functional groups attached to an aromatic ring is 1. The Morgan fingerprint density at radius 2 is 1.24 bits per heavy atom. The summed E-state index contributed by atoms with van der Waals surface area (Å²) >= 11 is 0. The number of anilines is 1. The summed E-state index contributed by atoms with van der Waals surface area (Å²) in [5.41, 5.74) is 9.47. The molecule has 0 atom stereocenters. The van der Waals surface area contributed by atoms with Crippen molar-refractivity contribution in [3.63, 3.8) is 0 Å². The number of nitrogens with two attached hydrogens (primary N) is 1. The molecule has 0 radical (unpaired) electrons. The molecule has 5 rings (SSSR count). The fourth-order valence-electron chi connectivity index (χ4n) is 2.78. The molecular formula is C29H37NO3. The molecule has 4 heteroatoms. The minimum absolute atomic E-state index is 0.664. The number of rotatable bonds is 1. The third-order valence-electron chi connectivity index (χ3n) is 4.23. The molecular weight excluding hydrogens is 410 g/mol. The van der Waals surface area contributed by atoms with E-state index in [0.717, 1.165) is 39.3 Å². The Hall–Kier alpha value is -3.66. The Bertz CT molecular complexity index is 1010. The van der Waals surface area contributed by atoms with Crippen LogP contribution in [0.5, 0.6) is 11.5 Å². The largest absolute Gasteiger partial charge is 0.486 e. The number of benzene rings is 3. The molecule has 1 aromatic heterocycles.